The molecular formula is C20H20N4OS. The van der Waals surface area contributed by atoms with Gasteiger partial charge in [-0.15, -0.1) is 10.2 Å². The van der Waals surface area contributed by atoms with Crippen LogP contribution >= 0.6 is 11.8 Å². The molecule has 0 bridgehead atoms. The van der Waals surface area contributed by atoms with E-state index in [0.29, 0.717) is 0 Å². The van der Waals surface area contributed by atoms with Crippen molar-refractivity contribution in [3.8, 4) is 0 Å². The smallest absolute Gasteiger partial charge is 0.237 e. The van der Waals surface area contributed by atoms with Gasteiger partial charge < -0.3 is 9.88 Å². The van der Waals surface area contributed by atoms with E-state index in [2.05, 4.69) is 33.7 Å². The molecule has 0 unspecified atom stereocenters. The largest absolute Gasteiger partial charge is 0.325 e. The van der Waals surface area contributed by atoms with Crippen molar-refractivity contribution in [2.24, 2.45) is 7.05 Å². The molecule has 1 N–H and O–H groups in total. The van der Waals surface area contributed by atoms with Crippen LogP contribution in [0.15, 0.2) is 59.8 Å². The Morgan fingerprint density at radius 2 is 1.88 bits per heavy atom. The van der Waals surface area contributed by atoms with Crippen LogP contribution in [0, 0.1) is 0 Å². The first kappa shape index (κ1) is 16.8. The first-order chi connectivity index (χ1) is 12.7. The van der Waals surface area contributed by atoms with Gasteiger partial charge in [0.15, 0.2) is 5.16 Å². The molecule has 0 aliphatic carbocycles. The molecule has 0 saturated heterocycles. The fourth-order valence-corrected chi connectivity index (χ4v) is 4.12. The van der Waals surface area contributed by atoms with Crippen LogP contribution in [0.1, 0.15) is 23.4 Å². The molecule has 4 rings (SSSR count). The Balaban J connectivity index is 1.49. The molecule has 0 fully saturated rings. The molecule has 1 atom stereocenters. The van der Waals surface area contributed by atoms with Gasteiger partial charge in [-0.3, -0.25) is 4.79 Å². The highest BCUT2D eigenvalue weighted by molar-refractivity contribution is 8.00. The molecule has 1 aromatic heterocycles. The molecule has 1 aliphatic heterocycles. The lowest BCUT2D eigenvalue weighted by Gasteiger charge is -2.12. The van der Waals surface area contributed by atoms with Crippen LogP contribution in [0.2, 0.25) is 0 Å². The van der Waals surface area contributed by atoms with Gasteiger partial charge in [-0.25, -0.2) is 0 Å². The predicted molar refractivity (Wildman–Crippen MR) is 103 cm³/mol. The summed E-state index contributed by atoms with van der Waals surface area (Å²) in [5, 5.41) is 12.3. The minimum Gasteiger partial charge on any atom is -0.325 e. The lowest BCUT2D eigenvalue weighted by molar-refractivity contribution is -0.115. The van der Waals surface area contributed by atoms with E-state index in [1.54, 1.807) is 0 Å². The second-order valence-corrected chi connectivity index (χ2v) is 7.58. The number of hydrogen-bond donors (Lipinski definition) is 1. The number of fused-ring (bicyclic) bond motifs is 1. The van der Waals surface area contributed by atoms with Gasteiger partial charge in [0.1, 0.15) is 5.82 Å². The SMILES string of the molecule is Cn1c(Cc2ccccc2)nnc1S[C@@H]1CCc2ccccc2NC1=O. The number of aromatic nitrogens is 3. The van der Waals surface area contributed by atoms with Crippen molar-refractivity contribution >= 4 is 23.4 Å². The second kappa shape index (κ2) is 7.33. The van der Waals surface area contributed by atoms with Crippen molar-refractivity contribution in [3.05, 3.63) is 71.5 Å². The molecule has 1 amide bonds. The third-order valence-electron chi connectivity index (χ3n) is 4.62. The maximum absolute atomic E-state index is 12.6. The van der Waals surface area contributed by atoms with E-state index >= 15 is 0 Å². The van der Waals surface area contributed by atoms with E-state index in [-0.39, 0.29) is 11.2 Å². The minimum atomic E-state index is -0.171. The van der Waals surface area contributed by atoms with Crippen LogP contribution in [0.5, 0.6) is 0 Å². The van der Waals surface area contributed by atoms with Crippen LogP contribution in [-0.4, -0.2) is 25.9 Å². The van der Waals surface area contributed by atoms with Crippen molar-refractivity contribution in [3.63, 3.8) is 0 Å². The number of nitrogens with one attached hydrogen (secondary N) is 1. The zero-order chi connectivity index (χ0) is 17.9. The number of rotatable bonds is 4. The van der Waals surface area contributed by atoms with Gasteiger partial charge in [-0.2, -0.15) is 0 Å². The molecule has 26 heavy (non-hydrogen) atoms. The molecule has 1 aliphatic rings. The Morgan fingerprint density at radius 1 is 1.12 bits per heavy atom. The second-order valence-electron chi connectivity index (χ2n) is 6.41. The molecule has 0 spiro atoms. The van der Waals surface area contributed by atoms with Gasteiger partial charge >= 0.3 is 0 Å². The normalized spacial score (nSPS) is 16.7. The topological polar surface area (TPSA) is 59.8 Å². The van der Waals surface area contributed by atoms with Crippen molar-refractivity contribution < 1.29 is 4.79 Å². The van der Waals surface area contributed by atoms with Gasteiger partial charge in [-0.1, -0.05) is 60.3 Å². The van der Waals surface area contributed by atoms with Gasteiger partial charge in [-0.05, 0) is 30.0 Å². The maximum Gasteiger partial charge on any atom is 0.237 e. The summed E-state index contributed by atoms with van der Waals surface area (Å²) < 4.78 is 1.99. The van der Waals surface area contributed by atoms with Crippen molar-refractivity contribution in [1.82, 2.24) is 14.8 Å². The third-order valence-corrected chi connectivity index (χ3v) is 5.92. The van der Waals surface area contributed by atoms with E-state index in [4.69, 9.17) is 0 Å². The quantitative estimate of drug-likeness (QED) is 0.770. The molecule has 2 heterocycles. The van der Waals surface area contributed by atoms with Crippen molar-refractivity contribution in [2.75, 3.05) is 5.32 Å². The zero-order valence-corrected chi connectivity index (χ0v) is 15.4. The van der Waals surface area contributed by atoms with E-state index in [1.807, 2.05) is 48.0 Å². The van der Waals surface area contributed by atoms with Crippen LogP contribution in [0.4, 0.5) is 5.69 Å². The Kier molecular flexibility index (Phi) is 4.75. The Morgan fingerprint density at radius 3 is 2.73 bits per heavy atom. The average molecular weight is 364 g/mol. The number of aryl methyl sites for hydroxylation is 1. The Bertz CT molecular complexity index is 923. The Hall–Kier alpha value is -2.60. The summed E-state index contributed by atoms with van der Waals surface area (Å²) in [6, 6.07) is 18.2. The summed E-state index contributed by atoms with van der Waals surface area (Å²) in [7, 11) is 1.96. The predicted octanol–water partition coefficient (Wildman–Crippen LogP) is 3.45. The van der Waals surface area contributed by atoms with Crippen LogP contribution in [-0.2, 0) is 24.7 Å². The van der Waals surface area contributed by atoms with Crippen molar-refractivity contribution in [2.45, 2.75) is 29.7 Å². The Labute approximate surface area is 156 Å². The number of para-hydroxylation sites is 1. The number of hydrogen-bond acceptors (Lipinski definition) is 4. The lowest BCUT2D eigenvalue weighted by atomic mass is 10.1. The number of thioether (sulfide) groups is 1. The fraction of sp³-hybridized carbons (Fsp3) is 0.250. The standard InChI is InChI=1S/C20H20N4OS/c1-24-18(13-14-7-3-2-4-8-14)22-23-20(24)26-17-12-11-15-9-5-6-10-16(15)21-19(17)25/h2-10,17H,11-13H2,1H3,(H,21,25)/t17-/m1/s1. The average Bonchev–Trinajstić information content (AvgIpc) is 2.91. The van der Waals surface area contributed by atoms with E-state index in [0.717, 1.165) is 35.9 Å². The molecule has 0 radical (unpaired) electrons. The molecule has 6 heteroatoms. The summed E-state index contributed by atoms with van der Waals surface area (Å²) in [5.41, 5.74) is 3.30. The van der Waals surface area contributed by atoms with Gasteiger partial charge in [0.05, 0.1) is 5.25 Å². The number of anilines is 1. The lowest BCUT2D eigenvalue weighted by Crippen LogP contribution is -2.24. The van der Waals surface area contributed by atoms with Gasteiger partial charge in [0, 0.05) is 19.2 Å². The molecule has 0 saturated carbocycles. The van der Waals surface area contributed by atoms with Gasteiger partial charge in [0.25, 0.3) is 0 Å². The zero-order valence-electron chi connectivity index (χ0n) is 14.6. The molecule has 3 aromatic rings. The number of nitrogens with zero attached hydrogens (tertiary/aromatic N) is 3. The number of carbonyl (C=O) groups is 1. The number of benzene rings is 2. The number of carbonyl (C=O) groups excluding carboxylic acids is 1. The summed E-state index contributed by atoms with van der Waals surface area (Å²) in [6.07, 6.45) is 2.39. The third kappa shape index (κ3) is 3.51. The highest BCUT2D eigenvalue weighted by atomic mass is 32.2. The van der Waals surface area contributed by atoms with Crippen LogP contribution < -0.4 is 5.32 Å². The summed E-state index contributed by atoms with van der Waals surface area (Å²) in [5.74, 6) is 0.934. The summed E-state index contributed by atoms with van der Waals surface area (Å²) >= 11 is 1.49. The first-order valence-electron chi connectivity index (χ1n) is 8.68. The summed E-state index contributed by atoms with van der Waals surface area (Å²) in [4.78, 5) is 12.6. The molecule has 132 valence electrons. The van der Waals surface area contributed by atoms with E-state index < -0.39 is 0 Å². The number of amides is 1. The molecular weight excluding hydrogens is 344 g/mol. The molecule has 2 aromatic carbocycles. The highest BCUT2D eigenvalue weighted by Crippen LogP contribution is 2.30. The monoisotopic (exact) mass is 364 g/mol. The minimum absolute atomic E-state index is 0.0348. The first-order valence-corrected chi connectivity index (χ1v) is 9.56. The van der Waals surface area contributed by atoms with E-state index in [9.17, 15) is 4.79 Å². The highest BCUT2D eigenvalue weighted by Gasteiger charge is 2.26. The van der Waals surface area contributed by atoms with Crippen LogP contribution in [0.3, 0.4) is 0 Å². The van der Waals surface area contributed by atoms with Crippen LogP contribution in [0.25, 0.3) is 0 Å². The summed E-state index contributed by atoms with van der Waals surface area (Å²) in [6.45, 7) is 0. The van der Waals surface area contributed by atoms with Gasteiger partial charge in [0.2, 0.25) is 5.91 Å². The van der Waals surface area contributed by atoms with Crippen molar-refractivity contribution in [1.29, 1.82) is 0 Å². The maximum atomic E-state index is 12.6. The molecule has 5 nitrogen and oxygen atoms in total. The fourth-order valence-electron chi connectivity index (χ4n) is 3.11. The van der Waals surface area contributed by atoms with E-state index in [1.165, 1.54) is 22.9 Å².